The van der Waals surface area contributed by atoms with Crippen LogP contribution in [-0.2, 0) is 6.54 Å². The van der Waals surface area contributed by atoms with Gasteiger partial charge in [-0.1, -0.05) is 17.7 Å². The van der Waals surface area contributed by atoms with E-state index in [4.69, 9.17) is 4.74 Å². The minimum absolute atomic E-state index is 0.0830. The van der Waals surface area contributed by atoms with Crippen molar-refractivity contribution in [3.05, 3.63) is 47.3 Å². The van der Waals surface area contributed by atoms with Gasteiger partial charge >= 0.3 is 0 Å². The molecule has 0 saturated heterocycles. The highest BCUT2D eigenvalue weighted by Gasteiger charge is 2.13. The molecule has 0 aliphatic carbocycles. The summed E-state index contributed by atoms with van der Waals surface area (Å²) in [5.74, 6) is 1.68. The fraction of sp³-hybridized carbons (Fsp3) is 0.474. The van der Waals surface area contributed by atoms with Crippen LogP contribution >= 0.6 is 0 Å². The molecule has 1 aromatic carbocycles. The molecule has 1 atom stereocenters. The monoisotopic (exact) mass is 343 g/mol. The molecule has 6 heteroatoms. The number of nitrogens with one attached hydrogen (secondary N) is 2. The first-order chi connectivity index (χ1) is 12.0. The fourth-order valence-corrected chi connectivity index (χ4v) is 2.65. The number of guanidine groups is 1. The van der Waals surface area contributed by atoms with E-state index in [1.165, 1.54) is 5.56 Å². The number of aryl methyl sites for hydroxylation is 2. The normalized spacial score (nSPS) is 12.8. The second-order valence-corrected chi connectivity index (χ2v) is 6.15. The molecule has 0 radical (unpaired) electrons. The van der Waals surface area contributed by atoms with E-state index in [-0.39, 0.29) is 6.04 Å². The lowest BCUT2D eigenvalue weighted by atomic mass is 10.0. The van der Waals surface area contributed by atoms with Gasteiger partial charge in [0, 0.05) is 18.3 Å². The third-order valence-corrected chi connectivity index (χ3v) is 3.91. The van der Waals surface area contributed by atoms with Gasteiger partial charge in [0.15, 0.2) is 5.96 Å². The fourth-order valence-electron chi connectivity index (χ4n) is 2.65. The van der Waals surface area contributed by atoms with Crippen LogP contribution in [0.5, 0.6) is 5.75 Å². The van der Waals surface area contributed by atoms with E-state index in [0.29, 0.717) is 6.54 Å². The Morgan fingerprint density at radius 2 is 2.12 bits per heavy atom. The van der Waals surface area contributed by atoms with Gasteiger partial charge in [0.2, 0.25) is 0 Å². The van der Waals surface area contributed by atoms with E-state index in [1.807, 2.05) is 30.1 Å². The number of ether oxygens (including phenoxy) is 1. The van der Waals surface area contributed by atoms with E-state index >= 15 is 0 Å². The van der Waals surface area contributed by atoms with E-state index in [1.54, 1.807) is 7.11 Å². The van der Waals surface area contributed by atoms with Crippen molar-refractivity contribution in [3.8, 4) is 5.75 Å². The minimum Gasteiger partial charge on any atom is -0.496 e. The lowest BCUT2D eigenvalue weighted by molar-refractivity contribution is 0.405. The molecular formula is C19H29N5O. The second-order valence-electron chi connectivity index (χ2n) is 6.15. The van der Waals surface area contributed by atoms with Gasteiger partial charge < -0.3 is 15.4 Å². The van der Waals surface area contributed by atoms with Crippen molar-refractivity contribution in [3.63, 3.8) is 0 Å². The molecule has 2 N–H and O–H groups in total. The topological polar surface area (TPSA) is 63.5 Å². The highest BCUT2D eigenvalue weighted by Crippen LogP contribution is 2.25. The zero-order valence-corrected chi connectivity index (χ0v) is 15.8. The van der Waals surface area contributed by atoms with Crippen LogP contribution in [0.25, 0.3) is 0 Å². The summed E-state index contributed by atoms with van der Waals surface area (Å²) in [6, 6.07) is 6.29. The molecule has 1 aromatic heterocycles. The Morgan fingerprint density at radius 3 is 2.76 bits per heavy atom. The highest BCUT2D eigenvalue weighted by atomic mass is 16.5. The standard InChI is InChI=1S/C19H29N5O/c1-6-20-19(21-9-10-24-13-15(3)12-22-24)23-16(4)17-11-14(2)7-8-18(17)25-5/h7-8,11-13,16H,6,9-10H2,1-5H3,(H2,20,21,23). The first kappa shape index (κ1) is 18.8. The summed E-state index contributed by atoms with van der Waals surface area (Å²) in [5, 5.41) is 11.0. The Labute approximate surface area is 150 Å². The van der Waals surface area contributed by atoms with Crippen LogP contribution in [0, 0.1) is 13.8 Å². The number of benzene rings is 1. The van der Waals surface area contributed by atoms with Crippen molar-refractivity contribution in [2.75, 3.05) is 20.2 Å². The molecule has 6 nitrogen and oxygen atoms in total. The Kier molecular flexibility index (Phi) is 6.86. The molecule has 0 aliphatic rings. The molecule has 136 valence electrons. The number of hydrogen-bond donors (Lipinski definition) is 2. The molecular weight excluding hydrogens is 314 g/mol. The van der Waals surface area contributed by atoms with Crippen molar-refractivity contribution >= 4 is 5.96 Å². The van der Waals surface area contributed by atoms with Crippen molar-refractivity contribution in [1.82, 2.24) is 20.4 Å². The van der Waals surface area contributed by atoms with Crippen LogP contribution < -0.4 is 15.4 Å². The van der Waals surface area contributed by atoms with Gasteiger partial charge in [0.25, 0.3) is 0 Å². The maximum atomic E-state index is 5.49. The van der Waals surface area contributed by atoms with Gasteiger partial charge in [0.1, 0.15) is 5.75 Å². The Bertz CT molecular complexity index is 708. The Hall–Kier alpha value is -2.50. The van der Waals surface area contributed by atoms with Crippen LogP contribution in [0.2, 0.25) is 0 Å². The number of methoxy groups -OCH3 is 1. The average molecular weight is 343 g/mol. The van der Waals surface area contributed by atoms with E-state index in [2.05, 4.69) is 53.6 Å². The van der Waals surface area contributed by atoms with Gasteiger partial charge in [-0.15, -0.1) is 0 Å². The summed E-state index contributed by atoms with van der Waals surface area (Å²) in [7, 11) is 1.70. The molecule has 0 amide bonds. The zero-order chi connectivity index (χ0) is 18.2. The molecule has 25 heavy (non-hydrogen) atoms. The van der Waals surface area contributed by atoms with E-state index in [0.717, 1.165) is 35.9 Å². The van der Waals surface area contributed by atoms with Gasteiger partial charge in [0.05, 0.1) is 32.4 Å². The predicted molar refractivity (Wildman–Crippen MR) is 102 cm³/mol. The molecule has 0 spiro atoms. The molecule has 1 heterocycles. The summed E-state index contributed by atoms with van der Waals surface area (Å²) < 4.78 is 7.40. The van der Waals surface area contributed by atoms with E-state index < -0.39 is 0 Å². The predicted octanol–water partition coefficient (Wildman–Crippen LogP) is 2.82. The molecule has 1 unspecified atom stereocenters. The van der Waals surface area contributed by atoms with Gasteiger partial charge in [-0.05, 0) is 39.3 Å². The smallest absolute Gasteiger partial charge is 0.191 e. The first-order valence-electron chi connectivity index (χ1n) is 8.72. The van der Waals surface area contributed by atoms with Crippen LogP contribution in [-0.4, -0.2) is 35.9 Å². The number of hydrogen-bond acceptors (Lipinski definition) is 3. The first-order valence-corrected chi connectivity index (χ1v) is 8.72. The number of aromatic nitrogens is 2. The molecule has 0 bridgehead atoms. The van der Waals surface area contributed by atoms with Gasteiger partial charge in [-0.2, -0.15) is 5.10 Å². The summed E-state index contributed by atoms with van der Waals surface area (Å²) >= 11 is 0. The molecule has 0 aliphatic heterocycles. The third kappa shape index (κ3) is 5.52. The molecule has 0 saturated carbocycles. The van der Waals surface area contributed by atoms with Crippen molar-refractivity contribution in [1.29, 1.82) is 0 Å². The Balaban J connectivity index is 2.04. The average Bonchev–Trinajstić information content (AvgIpc) is 3.00. The summed E-state index contributed by atoms with van der Waals surface area (Å²) in [4.78, 5) is 4.65. The summed E-state index contributed by atoms with van der Waals surface area (Å²) in [6.07, 6.45) is 3.88. The zero-order valence-electron chi connectivity index (χ0n) is 15.8. The number of nitrogens with zero attached hydrogens (tertiary/aromatic N) is 3. The number of rotatable bonds is 7. The Morgan fingerprint density at radius 1 is 1.32 bits per heavy atom. The van der Waals surface area contributed by atoms with Crippen LogP contribution in [0.15, 0.2) is 35.6 Å². The van der Waals surface area contributed by atoms with Crippen LogP contribution in [0.1, 0.15) is 36.6 Å². The molecule has 2 aromatic rings. The van der Waals surface area contributed by atoms with Crippen LogP contribution in [0.3, 0.4) is 0 Å². The molecule has 2 rings (SSSR count). The highest BCUT2D eigenvalue weighted by molar-refractivity contribution is 5.80. The quantitative estimate of drug-likeness (QED) is 0.599. The minimum atomic E-state index is 0.0830. The van der Waals surface area contributed by atoms with Crippen molar-refractivity contribution in [2.24, 2.45) is 4.99 Å². The lowest BCUT2D eigenvalue weighted by Crippen LogP contribution is -2.39. The SMILES string of the molecule is CCNC(=NCCn1cc(C)cn1)NC(C)c1cc(C)ccc1OC. The maximum absolute atomic E-state index is 5.49. The maximum Gasteiger partial charge on any atom is 0.191 e. The lowest BCUT2D eigenvalue weighted by Gasteiger charge is -2.20. The largest absolute Gasteiger partial charge is 0.496 e. The van der Waals surface area contributed by atoms with E-state index in [9.17, 15) is 0 Å². The van der Waals surface area contributed by atoms with Crippen molar-refractivity contribution in [2.45, 2.75) is 40.3 Å². The van der Waals surface area contributed by atoms with Gasteiger partial charge in [-0.25, -0.2) is 0 Å². The summed E-state index contributed by atoms with van der Waals surface area (Å²) in [5.41, 5.74) is 3.49. The number of aliphatic imine (C=N–C) groups is 1. The summed E-state index contributed by atoms with van der Waals surface area (Å²) in [6.45, 7) is 10.5. The third-order valence-electron chi connectivity index (χ3n) is 3.91. The van der Waals surface area contributed by atoms with Crippen LogP contribution in [0.4, 0.5) is 0 Å². The second kappa shape index (κ2) is 9.11. The van der Waals surface area contributed by atoms with Crippen molar-refractivity contribution < 1.29 is 4.74 Å². The van der Waals surface area contributed by atoms with Gasteiger partial charge in [-0.3, -0.25) is 9.67 Å². The molecule has 0 fully saturated rings.